The third-order valence-corrected chi connectivity index (χ3v) is 4.98. The lowest BCUT2D eigenvalue weighted by Crippen LogP contribution is -2.29. The lowest BCUT2D eigenvalue weighted by Gasteiger charge is -2.48. The molecule has 0 fully saturated rings. The number of rotatable bonds is 0. The molecule has 0 heterocycles. The molecule has 0 radical (unpaired) electrons. The van der Waals surface area contributed by atoms with Crippen LogP contribution in [0.15, 0.2) is 48.5 Å². The van der Waals surface area contributed by atoms with Crippen molar-refractivity contribution in [1.82, 2.24) is 0 Å². The van der Waals surface area contributed by atoms with E-state index >= 15 is 0 Å². The molecule has 0 N–H and O–H groups in total. The van der Waals surface area contributed by atoms with Crippen LogP contribution < -0.4 is 0 Å². The Labute approximate surface area is 107 Å². The molecule has 3 aliphatic rings. The standard InChI is InChI=1S/C18H14/c1-3-7-13-11(5-1)15-9-10-16-12-6-2-4-8-14(12)18(16)17(13)15/h1-8,15-16H,9-10H2. The second-order valence-corrected chi connectivity index (χ2v) is 5.68. The Hall–Kier alpha value is -1.82. The van der Waals surface area contributed by atoms with E-state index in [9.17, 15) is 0 Å². The van der Waals surface area contributed by atoms with Crippen molar-refractivity contribution in [3.63, 3.8) is 0 Å². The van der Waals surface area contributed by atoms with E-state index in [4.69, 9.17) is 0 Å². The Morgan fingerprint density at radius 1 is 0.611 bits per heavy atom. The van der Waals surface area contributed by atoms with Gasteiger partial charge in [0.05, 0.1) is 0 Å². The average Bonchev–Trinajstić information content (AvgIpc) is 2.41. The minimum absolute atomic E-state index is 0.737. The SMILES string of the molecule is c1ccc2c(c1)C1=C3c4ccccc4C3CCC12. The van der Waals surface area contributed by atoms with Crippen molar-refractivity contribution >= 4 is 11.1 Å². The maximum absolute atomic E-state index is 2.31. The van der Waals surface area contributed by atoms with E-state index in [-0.39, 0.29) is 0 Å². The summed E-state index contributed by atoms with van der Waals surface area (Å²) >= 11 is 0. The number of allylic oxidation sites excluding steroid dienone is 2. The van der Waals surface area contributed by atoms with Gasteiger partial charge in [0.25, 0.3) is 0 Å². The first-order valence-corrected chi connectivity index (χ1v) is 6.88. The molecule has 2 atom stereocenters. The zero-order valence-electron chi connectivity index (χ0n) is 10.2. The smallest absolute Gasteiger partial charge is 0.0105 e. The van der Waals surface area contributed by atoms with Crippen molar-refractivity contribution in [2.24, 2.45) is 0 Å². The molecule has 3 aliphatic carbocycles. The fraction of sp³-hybridized carbons (Fsp3) is 0.222. The van der Waals surface area contributed by atoms with Gasteiger partial charge in [-0.05, 0) is 46.2 Å². The molecule has 0 saturated heterocycles. The Morgan fingerprint density at radius 2 is 1.06 bits per heavy atom. The highest BCUT2D eigenvalue weighted by molar-refractivity contribution is 6.07. The molecular weight excluding hydrogens is 216 g/mol. The molecule has 0 saturated carbocycles. The van der Waals surface area contributed by atoms with Crippen LogP contribution in [0.25, 0.3) is 11.1 Å². The number of benzene rings is 2. The predicted octanol–water partition coefficient (Wildman–Crippen LogP) is 4.59. The van der Waals surface area contributed by atoms with Gasteiger partial charge in [-0.15, -0.1) is 0 Å². The van der Waals surface area contributed by atoms with E-state index in [1.807, 2.05) is 0 Å². The lowest BCUT2D eigenvalue weighted by atomic mass is 9.56. The van der Waals surface area contributed by atoms with Crippen LogP contribution in [0.2, 0.25) is 0 Å². The summed E-state index contributed by atoms with van der Waals surface area (Å²) in [5, 5.41) is 0. The largest absolute Gasteiger partial charge is 0.0619 e. The second-order valence-electron chi connectivity index (χ2n) is 5.68. The summed E-state index contributed by atoms with van der Waals surface area (Å²) in [6, 6.07) is 18.0. The summed E-state index contributed by atoms with van der Waals surface area (Å²) in [5.41, 5.74) is 9.56. The van der Waals surface area contributed by atoms with E-state index in [1.54, 1.807) is 22.3 Å². The normalized spacial score (nSPS) is 26.2. The third kappa shape index (κ3) is 0.871. The van der Waals surface area contributed by atoms with Crippen LogP contribution >= 0.6 is 0 Å². The molecule has 86 valence electrons. The van der Waals surface area contributed by atoms with Gasteiger partial charge in [-0.2, -0.15) is 0 Å². The fourth-order valence-corrected chi connectivity index (χ4v) is 4.22. The second kappa shape index (κ2) is 2.95. The van der Waals surface area contributed by atoms with Gasteiger partial charge in [-0.3, -0.25) is 0 Å². The topological polar surface area (TPSA) is 0 Å². The Morgan fingerprint density at radius 3 is 1.56 bits per heavy atom. The maximum atomic E-state index is 2.31. The molecule has 2 aromatic rings. The van der Waals surface area contributed by atoms with Gasteiger partial charge >= 0.3 is 0 Å². The highest BCUT2D eigenvalue weighted by atomic mass is 14.5. The van der Waals surface area contributed by atoms with Crippen LogP contribution in [-0.4, -0.2) is 0 Å². The van der Waals surface area contributed by atoms with Crippen LogP contribution in [0.4, 0.5) is 0 Å². The zero-order chi connectivity index (χ0) is 11.7. The molecule has 0 heteroatoms. The van der Waals surface area contributed by atoms with Crippen molar-refractivity contribution < 1.29 is 0 Å². The first-order chi connectivity index (χ1) is 8.95. The molecule has 5 rings (SSSR count). The van der Waals surface area contributed by atoms with Crippen molar-refractivity contribution in [1.29, 1.82) is 0 Å². The van der Waals surface area contributed by atoms with E-state index in [0.29, 0.717) is 0 Å². The Bertz CT molecular complexity index is 644. The van der Waals surface area contributed by atoms with E-state index in [2.05, 4.69) is 48.5 Å². The molecule has 2 unspecified atom stereocenters. The highest BCUT2D eigenvalue weighted by Gasteiger charge is 2.45. The molecule has 0 amide bonds. The molecule has 0 spiro atoms. The van der Waals surface area contributed by atoms with Crippen LogP contribution in [0.5, 0.6) is 0 Å². The minimum Gasteiger partial charge on any atom is -0.0619 e. The lowest BCUT2D eigenvalue weighted by molar-refractivity contribution is 0.586. The molecule has 18 heavy (non-hydrogen) atoms. The number of hydrogen-bond donors (Lipinski definition) is 0. The molecular formula is C18H14. The number of fused-ring (bicyclic) bond motifs is 8. The van der Waals surface area contributed by atoms with Crippen molar-refractivity contribution in [3.05, 3.63) is 70.8 Å². The van der Waals surface area contributed by atoms with Gasteiger partial charge in [0.1, 0.15) is 0 Å². The first-order valence-electron chi connectivity index (χ1n) is 6.88. The monoisotopic (exact) mass is 230 g/mol. The number of hydrogen-bond acceptors (Lipinski definition) is 0. The Kier molecular flexibility index (Phi) is 1.50. The van der Waals surface area contributed by atoms with Gasteiger partial charge in [-0.25, -0.2) is 0 Å². The summed E-state index contributed by atoms with van der Waals surface area (Å²) in [7, 11) is 0. The molecule has 0 bridgehead atoms. The van der Waals surface area contributed by atoms with E-state index < -0.39 is 0 Å². The summed E-state index contributed by atoms with van der Waals surface area (Å²) in [6.07, 6.45) is 2.68. The van der Waals surface area contributed by atoms with Crippen LogP contribution in [0.3, 0.4) is 0 Å². The average molecular weight is 230 g/mol. The quantitative estimate of drug-likeness (QED) is 0.621. The third-order valence-electron chi connectivity index (χ3n) is 4.98. The molecule has 0 aliphatic heterocycles. The van der Waals surface area contributed by atoms with Crippen LogP contribution in [-0.2, 0) is 0 Å². The van der Waals surface area contributed by atoms with Crippen LogP contribution in [0.1, 0.15) is 46.9 Å². The maximum Gasteiger partial charge on any atom is 0.0105 e. The van der Waals surface area contributed by atoms with Gasteiger partial charge in [0.15, 0.2) is 0 Å². The van der Waals surface area contributed by atoms with Gasteiger partial charge in [0, 0.05) is 11.8 Å². The van der Waals surface area contributed by atoms with Crippen molar-refractivity contribution in [3.8, 4) is 0 Å². The van der Waals surface area contributed by atoms with E-state index in [1.165, 1.54) is 24.0 Å². The summed E-state index contributed by atoms with van der Waals surface area (Å²) in [6.45, 7) is 0. The van der Waals surface area contributed by atoms with E-state index in [0.717, 1.165) is 11.8 Å². The van der Waals surface area contributed by atoms with Crippen LogP contribution in [0, 0.1) is 0 Å². The minimum atomic E-state index is 0.737. The molecule has 0 nitrogen and oxygen atoms in total. The Balaban J connectivity index is 1.80. The van der Waals surface area contributed by atoms with Gasteiger partial charge in [0.2, 0.25) is 0 Å². The summed E-state index contributed by atoms with van der Waals surface area (Å²) in [5.74, 6) is 1.47. The zero-order valence-corrected chi connectivity index (χ0v) is 10.2. The predicted molar refractivity (Wildman–Crippen MR) is 74.4 cm³/mol. The first kappa shape index (κ1) is 9.16. The highest BCUT2D eigenvalue weighted by Crippen LogP contribution is 2.64. The molecule has 2 aromatic carbocycles. The molecule has 0 aromatic heterocycles. The van der Waals surface area contributed by atoms with Crippen molar-refractivity contribution in [2.45, 2.75) is 24.7 Å². The van der Waals surface area contributed by atoms with Gasteiger partial charge < -0.3 is 0 Å². The van der Waals surface area contributed by atoms with Crippen molar-refractivity contribution in [2.75, 3.05) is 0 Å². The summed E-state index contributed by atoms with van der Waals surface area (Å²) < 4.78 is 0. The fourth-order valence-electron chi connectivity index (χ4n) is 4.22. The van der Waals surface area contributed by atoms with Gasteiger partial charge in [-0.1, -0.05) is 48.5 Å². The summed E-state index contributed by atoms with van der Waals surface area (Å²) in [4.78, 5) is 0.